The Balaban J connectivity index is 3.49. The third-order valence-electron chi connectivity index (χ3n) is 2.28. The largest absolute Gasteiger partial charge is 0.484 e. The number of carboxylic acid groups (broad SMARTS) is 1. The van der Waals surface area contributed by atoms with E-state index >= 15 is 0 Å². The van der Waals surface area contributed by atoms with Gasteiger partial charge in [0.15, 0.2) is 0 Å². The van der Waals surface area contributed by atoms with Crippen LogP contribution in [0.15, 0.2) is 12.1 Å². The maximum absolute atomic E-state index is 10.9. The van der Waals surface area contributed by atoms with Gasteiger partial charge in [-0.3, -0.25) is 19.7 Å². The standard InChI is InChI=1S/C12H13NO6/c1-7(2)19-12-9(5-11(15)16)8(6-14)3-4-10(12)13(17)18/h3-4,6-7H,5H2,1-2H3,(H,15,16). The maximum atomic E-state index is 10.9. The Morgan fingerprint density at radius 2 is 2.16 bits per heavy atom. The molecule has 0 saturated heterocycles. The second-order valence-electron chi connectivity index (χ2n) is 4.09. The molecule has 0 spiro atoms. The van der Waals surface area contributed by atoms with E-state index in [4.69, 9.17) is 9.84 Å². The Labute approximate surface area is 109 Å². The summed E-state index contributed by atoms with van der Waals surface area (Å²) in [5.74, 6) is -1.36. The summed E-state index contributed by atoms with van der Waals surface area (Å²) in [5.41, 5.74) is -0.260. The van der Waals surface area contributed by atoms with Gasteiger partial charge in [-0.1, -0.05) is 0 Å². The van der Waals surface area contributed by atoms with Gasteiger partial charge in [-0.2, -0.15) is 0 Å². The molecule has 0 heterocycles. The van der Waals surface area contributed by atoms with Gasteiger partial charge in [-0.15, -0.1) is 0 Å². The maximum Gasteiger partial charge on any atom is 0.311 e. The van der Waals surface area contributed by atoms with E-state index < -0.39 is 17.3 Å². The number of benzene rings is 1. The highest BCUT2D eigenvalue weighted by Gasteiger charge is 2.24. The Bertz CT molecular complexity index is 523. The minimum atomic E-state index is -1.20. The number of hydrogen-bond acceptors (Lipinski definition) is 5. The van der Waals surface area contributed by atoms with Gasteiger partial charge in [0.25, 0.3) is 0 Å². The van der Waals surface area contributed by atoms with Crippen LogP contribution in [0.4, 0.5) is 5.69 Å². The molecule has 1 aromatic rings. The number of hydrogen-bond donors (Lipinski definition) is 1. The SMILES string of the molecule is CC(C)Oc1c([N+](=O)[O-])ccc(C=O)c1CC(=O)O. The number of aldehydes is 1. The average molecular weight is 267 g/mol. The molecule has 1 aromatic carbocycles. The predicted octanol–water partition coefficient (Wildman–Crippen LogP) is 1.82. The zero-order valence-electron chi connectivity index (χ0n) is 10.5. The highest BCUT2D eigenvalue weighted by molar-refractivity contribution is 5.84. The highest BCUT2D eigenvalue weighted by Crippen LogP contribution is 2.34. The van der Waals surface area contributed by atoms with Gasteiger partial charge in [0.05, 0.1) is 17.4 Å². The number of nitrogens with zero attached hydrogens (tertiary/aromatic N) is 1. The molecule has 7 heteroatoms. The van der Waals surface area contributed by atoms with Crippen molar-refractivity contribution in [1.29, 1.82) is 0 Å². The van der Waals surface area contributed by atoms with E-state index in [0.29, 0.717) is 6.29 Å². The highest BCUT2D eigenvalue weighted by atomic mass is 16.6. The van der Waals surface area contributed by atoms with Crippen molar-refractivity contribution in [3.05, 3.63) is 33.4 Å². The topological polar surface area (TPSA) is 107 Å². The van der Waals surface area contributed by atoms with E-state index in [1.165, 1.54) is 6.07 Å². The van der Waals surface area contributed by atoms with Crippen LogP contribution < -0.4 is 4.74 Å². The van der Waals surface area contributed by atoms with Crippen LogP contribution in [-0.4, -0.2) is 28.4 Å². The van der Waals surface area contributed by atoms with Crippen LogP contribution in [0.2, 0.25) is 0 Å². The van der Waals surface area contributed by atoms with Crippen molar-refractivity contribution in [2.75, 3.05) is 0 Å². The molecule has 0 aromatic heterocycles. The van der Waals surface area contributed by atoms with Crippen molar-refractivity contribution < 1.29 is 24.4 Å². The molecule has 102 valence electrons. The molecule has 0 amide bonds. The lowest BCUT2D eigenvalue weighted by Gasteiger charge is -2.14. The summed E-state index contributed by atoms with van der Waals surface area (Å²) < 4.78 is 5.32. The molecule has 0 aliphatic rings. The number of carbonyl (C=O) groups excluding carboxylic acids is 1. The first-order valence-corrected chi connectivity index (χ1v) is 5.50. The second kappa shape index (κ2) is 5.94. The van der Waals surface area contributed by atoms with Crippen molar-refractivity contribution in [3.63, 3.8) is 0 Å². The van der Waals surface area contributed by atoms with Crippen molar-refractivity contribution in [3.8, 4) is 5.75 Å². The second-order valence-corrected chi connectivity index (χ2v) is 4.09. The van der Waals surface area contributed by atoms with Crippen LogP contribution in [0.25, 0.3) is 0 Å². The molecule has 0 unspecified atom stereocenters. The summed E-state index contributed by atoms with van der Waals surface area (Å²) in [6, 6.07) is 2.35. The van der Waals surface area contributed by atoms with Crippen LogP contribution in [0, 0.1) is 10.1 Å². The molecule has 0 atom stereocenters. The van der Waals surface area contributed by atoms with E-state index in [1.54, 1.807) is 13.8 Å². The molecular weight excluding hydrogens is 254 g/mol. The van der Waals surface area contributed by atoms with Crippen molar-refractivity contribution in [2.24, 2.45) is 0 Å². The van der Waals surface area contributed by atoms with Crippen molar-refractivity contribution in [2.45, 2.75) is 26.4 Å². The zero-order chi connectivity index (χ0) is 14.6. The summed E-state index contributed by atoms with van der Waals surface area (Å²) in [6.45, 7) is 3.31. The van der Waals surface area contributed by atoms with Gasteiger partial charge >= 0.3 is 11.7 Å². The molecule has 0 fully saturated rings. The van der Waals surface area contributed by atoms with Gasteiger partial charge in [-0.05, 0) is 19.9 Å². The van der Waals surface area contributed by atoms with Crippen LogP contribution in [0.5, 0.6) is 5.75 Å². The van der Waals surface area contributed by atoms with Crippen LogP contribution >= 0.6 is 0 Å². The zero-order valence-corrected chi connectivity index (χ0v) is 10.5. The first kappa shape index (κ1) is 14.6. The molecule has 7 nitrogen and oxygen atoms in total. The van der Waals surface area contributed by atoms with Crippen LogP contribution in [0.3, 0.4) is 0 Å². The average Bonchev–Trinajstić information content (AvgIpc) is 2.29. The summed E-state index contributed by atoms with van der Waals surface area (Å²) in [5, 5.41) is 19.8. The number of rotatable bonds is 6. The smallest absolute Gasteiger partial charge is 0.311 e. The summed E-state index contributed by atoms with van der Waals surface area (Å²) in [6.07, 6.45) is -0.444. The monoisotopic (exact) mass is 267 g/mol. The third kappa shape index (κ3) is 3.51. The quantitative estimate of drug-likeness (QED) is 0.478. The number of ether oxygens (including phenoxy) is 1. The van der Waals surface area contributed by atoms with E-state index in [2.05, 4.69) is 0 Å². The van der Waals surface area contributed by atoms with E-state index in [0.717, 1.165) is 6.07 Å². The molecule has 1 rings (SSSR count). The third-order valence-corrected chi connectivity index (χ3v) is 2.28. The molecule has 0 aliphatic carbocycles. The Morgan fingerprint density at radius 1 is 1.53 bits per heavy atom. The Kier molecular flexibility index (Phi) is 4.57. The minimum Gasteiger partial charge on any atom is -0.484 e. The lowest BCUT2D eigenvalue weighted by molar-refractivity contribution is -0.386. The fourth-order valence-electron chi connectivity index (χ4n) is 1.59. The van der Waals surface area contributed by atoms with E-state index in [-0.39, 0.29) is 28.7 Å². The summed E-state index contributed by atoms with van der Waals surface area (Å²) in [7, 11) is 0. The fourth-order valence-corrected chi connectivity index (χ4v) is 1.59. The van der Waals surface area contributed by atoms with Gasteiger partial charge in [0, 0.05) is 17.2 Å². The van der Waals surface area contributed by atoms with Gasteiger partial charge in [-0.25, -0.2) is 0 Å². The fraction of sp³-hybridized carbons (Fsp3) is 0.333. The lowest BCUT2D eigenvalue weighted by Crippen LogP contribution is -2.13. The number of aliphatic carboxylic acids is 1. The number of carboxylic acids is 1. The van der Waals surface area contributed by atoms with Crippen molar-refractivity contribution in [1.82, 2.24) is 0 Å². The first-order chi connectivity index (χ1) is 8.86. The summed E-state index contributed by atoms with van der Waals surface area (Å²) >= 11 is 0. The molecule has 0 aliphatic heterocycles. The van der Waals surface area contributed by atoms with Crippen molar-refractivity contribution >= 4 is 17.9 Å². The Morgan fingerprint density at radius 3 is 2.58 bits per heavy atom. The molecule has 0 saturated carbocycles. The predicted molar refractivity (Wildman–Crippen MR) is 65.6 cm³/mol. The number of nitro groups is 1. The minimum absolute atomic E-state index is 0.0189. The molecule has 0 bridgehead atoms. The lowest BCUT2D eigenvalue weighted by atomic mass is 10.0. The van der Waals surface area contributed by atoms with Gasteiger partial charge in [0.2, 0.25) is 5.75 Å². The normalized spacial score (nSPS) is 10.3. The Hall–Kier alpha value is -2.44. The molecule has 19 heavy (non-hydrogen) atoms. The first-order valence-electron chi connectivity index (χ1n) is 5.50. The van der Waals surface area contributed by atoms with E-state index in [1.807, 2.05) is 0 Å². The number of nitro benzene ring substituents is 1. The summed E-state index contributed by atoms with van der Waals surface area (Å²) in [4.78, 5) is 32.0. The molecule has 1 N–H and O–H groups in total. The van der Waals surface area contributed by atoms with Gasteiger partial charge in [0.1, 0.15) is 6.29 Å². The number of carbonyl (C=O) groups is 2. The van der Waals surface area contributed by atoms with E-state index in [9.17, 15) is 19.7 Å². The van der Waals surface area contributed by atoms with Crippen LogP contribution in [0.1, 0.15) is 29.8 Å². The molecule has 0 radical (unpaired) electrons. The van der Waals surface area contributed by atoms with Gasteiger partial charge < -0.3 is 9.84 Å². The molecular formula is C12H13NO6. The van der Waals surface area contributed by atoms with Crippen LogP contribution in [-0.2, 0) is 11.2 Å².